The van der Waals surface area contributed by atoms with Crippen molar-refractivity contribution < 1.29 is 0 Å². The van der Waals surface area contributed by atoms with Gasteiger partial charge in [0.2, 0.25) is 0 Å². The van der Waals surface area contributed by atoms with Crippen LogP contribution in [-0.2, 0) is 6.42 Å². The van der Waals surface area contributed by atoms with Crippen LogP contribution in [0.5, 0.6) is 0 Å². The van der Waals surface area contributed by atoms with Crippen LogP contribution < -0.4 is 11.3 Å². The van der Waals surface area contributed by atoms with Gasteiger partial charge in [-0.25, -0.2) is 0 Å². The van der Waals surface area contributed by atoms with Gasteiger partial charge in [0.1, 0.15) is 0 Å². The molecule has 116 valence electrons. The second-order valence-electron chi connectivity index (χ2n) is 6.60. The Morgan fingerprint density at radius 2 is 2.29 bits per heavy atom. The number of aryl methyl sites for hydroxylation is 1. The molecule has 1 fully saturated rings. The van der Waals surface area contributed by atoms with E-state index in [0.717, 1.165) is 38.9 Å². The zero-order valence-electron chi connectivity index (χ0n) is 13.1. The minimum absolute atomic E-state index is 0.306. The average molecular weight is 289 g/mol. The van der Waals surface area contributed by atoms with Gasteiger partial charge in [-0.2, -0.15) is 0 Å². The maximum absolute atomic E-state index is 5.90. The smallest absolute Gasteiger partial charge is 0.0482 e. The molecule has 3 unspecified atom stereocenters. The van der Waals surface area contributed by atoms with Crippen molar-refractivity contribution in [3.05, 3.63) is 29.6 Å². The maximum Gasteiger partial charge on any atom is 0.0482 e. The van der Waals surface area contributed by atoms with Crippen molar-refractivity contribution in [2.75, 3.05) is 33.7 Å². The van der Waals surface area contributed by atoms with Gasteiger partial charge in [0.15, 0.2) is 0 Å². The van der Waals surface area contributed by atoms with Gasteiger partial charge in [-0.3, -0.25) is 16.3 Å². The minimum Gasteiger partial charge on any atom is -0.304 e. The fraction of sp³-hybridized carbons (Fsp3) is 0.688. The first-order chi connectivity index (χ1) is 10.2. The van der Waals surface area contributed by atoms with Crippen LogP contribution in [0.2, 0.25) is 0 Å². The highest BCUT2D eigenvalue weighted by molar-refractivity contribution is 5.30. The first-order valence-electron chi connectivity index (χ1n) is 7.97. The number of hydrogen-bond acceptors (Lipinski definition) is 5. The molecule has 1 aromatic heterocycles. The van der Waals surface area contributed by atoms with E-state index in [1.54, 1.807) is 0 Å². The van der Waals surface area contributed by atoms with Crippen LogP contribution in [0.3, 0.4) is 0 Å². The van der Waals surface area contributed by atoms with E-state index in [1.165, 1.54) is 11.3 Å². The van der Waals surface area contributed by atoms with E-state index >= 15 is 0 Å². The zero-order chi connectivity index (χ0) is 14.8. The second-order valence-corrected chi connectivity index (χ2v) is 6.60. The first-order valence-corrected chi connectivity index (χ1v) is 7.97. The molecule has 0 radical (unpaired) electrons. The lowest BCUT2D eigenvalue weighted by Gasteiger charge is -2.40. The molecule has 0 amide bonds. The molecule has 0 bridgehead atoms. The predicted octanol–water partition coefficient (Wildman–Crippen LogP) is 0.579. The van der Waals surface area contributed by atoms with E-state index in [9.17, 15) is 0 Å². The topological polar surface area (TPSA) is 57.4 Å². The molecule has 0 spiro atoms. The molecular formula is C16H27N5. The Labute approximate surface area is 127 Å². The Kier molecular flexibility index (Phi) is 4.54. The Bertz CT molecular complexity index is 477. The van der Waals surface area contributed by atoms with Gasteiger partial charge < -0.3 is 9.80 Å². The number of fused-ring (bicyclic) bond motifs is 1. The normalized spacial score (nSPS) is 28.5. The number of likely N-dealkylation sites (N-methyl/N-ethyl adjacent to an activating group) is 2. The van der Waals surface area contributed by atoms with Gasteiger partial charge in [0, 0.05) is 49.5 Å². The predicted molar refractivity (Wildman–Crippen MR) is 84.9 cm³/mol. The SMILES string of the molecule is CN1CCN(C)C(CC(NN)C2CCc3cccnc32)C1. The lowest BCUT2D eigenvalue weighted by molar-refractivity contribution is 0.0980. The summed E-state index contributed by atoms with van der Waals surface area (Å²) >= 11 is 0. The highest BCUT2D eigenvalue weighted by Crippen LogP contribution is 2.35. The number of nitrogens with two attached hydrogens (primary N) is 1. The summed E-state index contributed by atoms with van der Waals surface area (Å²) in [7, 11) is 4.43. The number of pyridine rings is 1. The number of hydrogen-bond donors (Lipinski definition) is 2. The molecule has 3 N–H and O–H groups in total. The Morgan fingerprint density at radius 1 is 1.43 bits per heavy atom. The number of nitrogens with zero attached hydrogens (tertiary/aromatic N) is 3. The number of hydrazine groups is 1. The van der Waals surface area contributed by atoms with Crippen LogP contribution in [0.1, 0.15) is 30.0 Å². The lowest BCUT2D eigenvalue weighted by atomic mass is 9.90. The Morgan fingerprint density at radius 3 is 3.10 bits per heavy atom. The molecule has 5 heteroatoms. The molecule has 3 atom stereocenters. The van der Waals surface area contributed by atoms with Crippen LogP contribution in [0, 0.1) is 0 Å². The summed E-state index contributed by atoms with van der Waals surface area (Å²) in [6, 6.07) is 5.12. The number of piperazine rings is 1. The van der Waals surface area contributed by atoms with Crippen LogP contribution in [0.15, 0.2) is 18.3 Å². The first kappa shape index (κ1) is 14.9. The van der Waals surface area contributed by atoms with Crippen molar-refractivity contribution in [2.45, 2.75) is 37.3 Å². The van der Waals surface area contributed by atoms with Crippen LogP contribution in [0.4, 0.5) is 0 Å². The number of aromatic nitrogens is 1. The summed E-state index contributed by atoms with van der Waals surface area (Å²) in [5.41, 5.74) is 5.74. The molecule has 1 aliphatic carbocycles. The minimum atomic E-state index is 0.306. The van der Waals surface area contributed by atoms with Crippen molar-refractivity contribution >= 4 is 0 Å². The molecule has 5 nitrogen and oxygen atoms in total. The third-order valence-corrected chi connectivity index (χ3v) is 5.21. The van der Waals surface area contributed by atoms with Gasteiger partial charge in [-0.15, -0.1) is 0 Å². The summed E-state index contributed by atoms with van der Waals surface area (Å²) < 4.78 is 0. The van der Waals surface area contributed by atoms with Crippen LogP contribution in [-0.4, -0.2) is 60.6 Å². The third-order valence-electron chi connectivity index (χ3n) is 5.21. The molecule has 1 saturated heterocycles. The quantitative estimate of drug-likeness (QED) is 0.627. The molecule has 1 aromatic rings. The fourth-order valence-corrected chi connectivity index (χ4v) is 3.83. The molecule has 0 saturated carbocycles. The molecule has 2 aliphatic rings. The van der Waals surface area contributed by atoms with E-state index in [2.05, 4.69) is 40.4 Å². The molecular weight excluding hydrogens is 262 g/mol. The van der Waals surface area contributed by atoms with Crippen molar-refractivity contribution in [3.8, 4) is 0 Å². The van der Waals surface area contributed by atoms with E-state index in [1.807, 2.05) is 12.3 Å². The monoisotopic (exact) mass is 289 g/mol. The Hall–Kier alpha value is -1.01. The van der Waals surface area contributed by atoms with Crippen molar-refractivity contribution in [2.24, 2.45) is 5.84 Å². The molecule has 2 heterocycles. The van der Waals surface area contributed by atoms with Crippen molar-refractivity contribution in [1.82, 2.24) is 20.2 Å². The molecule has 0 aromatic carbocycles. The largest absolute Gasteiger partial charge is 0.304 e. The lowest BCUT2D eigenvalue weighted by Crippen LogP contribution is -2.53. The number of nitrogens with one attached hydrogen (secondary N) is 1. The fourth-order valence-electron chi connectivity index (χ4n) is 3.83. The highest BCUT2D eigenvalue weighted by Gasteiger charge is 2.33. The standard InChI is InChI=1S/C16H27N5/c1-20-8-9-21(2)13(11-20)10-15(19-17)14-6-5-12-4-3-7-18-16(12)14/h3-4,7,13-15,19H,5-6,8-11,17H2,1-2H3. The van der Waals surface area contributed by atoms with Gasteiger partial charge in [0.05, 0.1) is 0 Å². The Balaban J connectivity index is 1.71. The summed E-state index contributed by atoms with van der Waals surface area (Å²) in [6.45, 7) is 3.41. The summed E-state index contributed by atoms with van der Waals surface area (Å²) in [5, 5.41) is 0. The van der Waals surface area contributed by atoms with E-state index < -0.39 is 0 Å². The third kappa shape index (κ3) is 3.11. The summed E-state index contributed by atoms with van der Waals surface area (Å²) in [5.74, 6) is 6.35. The van der Waals surface area contributed by atoms with Crippen LogP contribution >= 0.6 is 0 Å². The summed E-state index contributed by atoms with van der Waals surface area (Å²) in [4.78, 5) is 9.50. The highest BCUT2D eigenvalue weighted by atomic mass is 15.3. The molecule has 3 rings (SSSR count). The summed E-state index contributed by atoms with van der Waals surface area (Å²) in [6.07, 6.45) is 5.28. The maximum atomic E-state index is 5.90. The van der Waals surface area contributed by atoms with E-state index in [-0.39, 0.29) is 0 Å². The van der Waals surface area contributed by atoms with Gasteiger partial charge in [-0.05, 0) is 45.0 Å². The average Bonchev–Trinajstić information content (AvgIpc) is 2.92. The zero-order valence-corrected chi connectivity index (χ0v) is 13.1. The molecule has 1 aliphatic heterocycles. The van der Waals surface area contributed by atoms with Gasteiger partial charge in [0.25, 0.3) is 0 Å². The van der Waals surface area contributed by atoms with E-state index in [0.29, 0.717) is 18.0 Å². The number of rotatable bonds is 4. The second kappa shape index (κ2) is 6.40. The van der Waals surface area contributed by atoms with Crippen molar-refractivity contribution in [3.63, 3.8) is 0 Å². The van der Waals surface area contributed by atoms with Gasteiger partial charge >= 0.3 is 0 Å². The van der Waals surface area contributed by atoms with Crippen molar-refractivity contribution in [1.29, 1.82) is 0 Å². The van der Waals surface area contributed by atoms with Gasteiger partial charge in [-0.1, -0.05) is 6.07 Å². The van der Waals surface area contributed by atoms with Crippen LogP contribution in [0.25, 0.3) is 0 Å². The van der Waals surface area contributed by atoms with E-state index in [4.69, 9.17) is 5.84 Å². The molecule has 21 heavy (non-hydrogen) atoms.